The zero-order valence-corrected chi connectivity index (χ0v) is 16.5. The van der Waals surface area contributed by atoms with Crippen molar-refractivity contribution in [2.24, 2.45) is 5.92 Å². The molecule has 27 heavy (non-hydrogen) atoms. The number of nitrogens with one attached hydrogen (secondary N) is 1. The van der Waals surface area contributed by atoms with Crippen LogP contribution in [0.15, 0.2) is 34.9 Å². The zero-order chi connectivity index (χ0) is 18.6. The SMILES string of the molecule is CC(=O)NC1CCC(CCN2CCCCC2c2coc3cccc-3c2)CC1. The van der Waals surface area contributed by atoms with Gasteiger partial charge in [-0.05, 0) is 76.1 Å². The Morgan fingerprint density at radius 2 is 2.04 bits per heavy atom. The number of piperidine rings is 1. The molecule has 0 aromatic carbocycles. The molecule has 0 radical (unpaired) electrons. The van der Waals surface area contributed by atoms with Crippen LogP contribution in [0, 0.1) is 5.92 Å². The fraction of sp³-hybridized carbons (Fsp3) is 0.609. The van der Waals surface area contributed by atoms with Crippen LogP contribution in [0.1, 0.15) is 69.9 Å². The average Bonchev–Trinajstić information content (AvgIpc) is 3.15. The van der Waals surface area contributed by atoms with Gasteiger partial charge < -0.3 is 9.73 Å². The van der Waals surface area contributed by atoms with Crippen LogP contribution in [0.5, 0.6) is 0 Å². The topological polar surface area (TPSA) is 45.5 Å². The van der Waals surface area contributed by atoms with E-state index in [0.717, 1.165) is 24.5 Å². The van der Waals surface area contributed by atoms with Gasteiger partial charge in [0.25, 0.3) is 0 Å². The molecule has 146 valence electrons. The maximum atomic E-state index is 11.2. The van der Waals surface area contributed by atoms with E-state index in [9.17, 15) is 4.79 Å². The van der Waals surface area contributed by atoms with Gasteiger partial charge in [0, 0.05) is 30.1 Å². The number of rotatable bonds is 5. The molecule has 1 saturated heterocycles. The molecule has 0 aromatic heterocycles. The molecule has 1 saturated carbocycles. The third-order valence-electron chi connectivity index (χ3n) is 6.53. The molecule has 1 atom stereocenters. The maximum Gasteiger partial charge on any atom is 0.217 e. The average molecular weight is 369 g/mol. The van der Waals surface area contributed by atoms with E-state index in [1.165, 1.54) is 62.7 Å². The van der Waals surface area contributed by atoms with Gasteiger partial charge in [-0.3, -0.25) is 9.69 Å². The van der Waals surface area contributed by atoms with E-state index in [0.29, 0.717) is 12.1 Å². The predicted molar refractivity (Wildman–Crippen MR) is 108 cm³/mol. The van der Waals surface area contributed by atoms with E-state index in [1.807, 2.05) is 12.3 Å². The standard InChI is InChI=1S/C23H32N2O2/c1-17(26)24-21-10-8-18(9-11-21)12-14-25-13-3-2-6-22(25)20-15-19-5-4-7-23(19)27-16-20/h4-5,7,15-16,18,21-22H,2-3,6,8-14H2,1H3,(H,24,26). The molecule has 1 unspecified atom stereocenters. The minimum Gasteiger partial charge on any atom is -0.464 e. The highest BCUT2D eigenvalue weighted by Crippen LogP contribution is 2.36. The van der Waals surface area contributed by atoms with Crippen molar-refractivity contribution < 1.29 is 9.21 Å². The van der Waals surface area contributed by atoms with Crippen LogP contribution in [0.4, 0.5) is 0 Å². The van der Waals surface area contributed by atoms with E-state index in [1.54, 1.807) is 6.92 Å². The van der Waals surface area contributed by atoms with Gasteiger partial charge >= 0.3 is 0 Å². The normalized spacial score (nSPS) is 26.9. The van der Waals surface area contributed by atoms with E-state index in [2.05, 4.69) is 28.4 Å². The molecular formula is C23H32N2O2. The van der Waals surface area contributed by atoms with Crippen molar-refractivity contribution in [3.05, 3.63) is 36.1 Å². The highest BCUT2D eigenvalue weighted by atomic mass is 16.3. The lowest BCUT2D eigenvalue weighted by Crippen LogP contribution is -2.38. The van der Waals surface area contributed by atoms with Gasteiger partial charge in [0.2, 0.25) is 5.91 Å². The zero-order valence-electron chi connectivity index (χ0n) is 16.5. The number of amides is 1. The number of likely N-dealkylation sites (tertiary alicyclic amines) is 1. The van der Waals surface area contributed by atoms with Crippen LogP contribution in [-0.2, 0) is 4.79 Å². The molecule has 0 bridgehead atoms. The van der Waals surface area contributed by atoms with Gasteiger partial charge in [-0.2, -0.15) is 0 Å². The molecule has 2 heterocycles. The second-order valence-corrected chi connectivity index (χ2v) is 8.48. The van der Waals surface area contributed by atoms with Gasteiger partial charge in [0.05, 0.1) is 6.26 Å². The molecule has 4 heteroatoms. The smallest absolute Gasteiger partial charge is 0.217 e. The van der Waals surface area contributed by atoms with Crippen molar-refractivity contribution in [3.63, 3.8) is 0 Å². The highest BCUT2D eigenvalue weighted by molar-refractivity contribution is 5.73. The summed E-state index contributed by atoms with van der Waals surface area (Å²) in [6.07, 6.45) is 11.9. The Balaban J connectivity index is 1.33. The largest absolute Gasteiger partial charge is 0.464 e. The van der Waals surface area contributed by atoms with Gasteiger partial charge in [0.1, 0.15) is 5.76 Å². The number of hydrogen-bond donors (Lipinski definition) is 1. The van der Waals surface area contributed by atoms with Crippen LogP contribution >= 0.6 is 0 Å². The second-order valence-electron chi connectivity index (χ2n) is 8.48. The van der Waals surface area contributed by atoms with E-state index in [-0.39, 0.29) is 5.91 Å². The Bertz CT molecular complexity index is 717. The van der Waals surface area contributed by atoms with E-state index < -0.39 is 0 Å². The van der Waals surface area contributed by atoms with Gasteiger partial charge in [-0.25, -0.2) is 0 Å². The molecule has 1 amide bonds. The van der Waals surface area contributed by atoms with Crippen LogP contribution in [0.2, 0.25) is 0 Å². The molecule has 2 aliphatic carbocycles. The Morgan fingerprint density at radius 1 is 1.19 bits per heavy atom. The fourth-order valence-corrected chi connectivity index (χ4v) is 5.03. The molecule has 2 aliphatic heterocycles. The van der Waals surface area contributed by atoms with Crippen molar-refractivity contribution in [1.82, 2.24) is 10.2 Å². The number of carbonyl (C=O) groups excluding carboxylic acids is 1. The molecule has 4 nitrogen and oxygen atoms in total. The minimum atomic E-state index is 0.113. The summed E-state index contributed by atoms with van der Waals surface area (Å²) < 4.78 is 5.86. The lowest BCUT2D eigenvalue weighted by Gasteiger charge is -2.37. The Labute approximate surface area is 162 Å². The number of nitrogens with zero attached hydrogens (tertiary/aromatic N) is 1. The Hall–Kier alpha value is -1.81. The summed E-state index contributed by atoms with van der Waals surface area (Å²) in [6, 6.07) is 9.46. The van der Waals surface area contributed by atoms with Crippen molar-refractivity contribution in [2.75, 3.05) is 13.1 Å². The quantitative estimate of drug-likeness (QED) is 0.808. The van der Waals surface area contributed by atoms with Crippen LogP contribution in [-0.4, -0.2) is 29.9 Å². The molecule has 4 rings (SSSR count). The van der Waals surface area contributed by atoms with Crippen molar-refractivity contribution in [3.8, 4) is 11.3 Å². The Kier molecular flexibility index (Phi) is 5.82. The molecule has 4 aliphatic rings. The molecular weight excluding hydrogens is 336 g/mol. The van der Waals surface area contributed by atoms with Gasteiger partial charge in [0.15, 0.2) is 0 Å². The van der Waals surface area contributed by atoms with Crippen LogP contribution < -0.4 is 5.32 Å². The monoisotopic (exact) mass is 368 g/mol. The summed E-state index contributed by atoms with van der Waals surface area (Å²) >= 11 is 0. The number of fused-ring (bicyclic) bond motifs is 1. The molecule has 0 spiro atoms. The Morgan fingerprint density at radius 3 is 2.85 bits per heavy atom. The van der Waals surface area contributed by atoms with Crippen molar-refractivity contribution in [2.45, 2.75) is 70.4 Å². The van der Waals surface area contributed by atoms with Gasteiger partial charge in [-0.1, -0.05) is 18.6 Å². The summed E-state index contributed by atoms with van der Waals surface area (Å²) in [4.78, 5) is 13.9. The first-order valence-electron chi connectivity index (χ1n) is 10.7. The number of carbonyl (C=O) groups is 1. The fourth-order valence-electron chi connectivity index (χ4n) is 5.03. The lowest BCUT2D eigenvalue weighted by atomic mass is 9.83. The minimum absolute atomic E-state index is 0.113. The first kappa shape index (κ1) is 18.5. The highest BCUT2D eigenvalue weighted by Gasteiger charge is 2.27. The molecule has 2 fully saturated rings. The van der Waals surface area contributed by atoms with Crippen molar-refractivity contribution >= 4 is 5.91 Å². The molecule has 0 aromatic rings. The van der Waals surface area contributed by atoms with Crippen LogP contribution in [0.3, 0.4) is 0 Å². The van der Waals surface area contributed by atoms with E-state index >= 15 is 0 Å². The summed E-state index contributed by atoms with van der Waals surface area (Å²) in [7, 11) is 0. The molecule has 1 N–H and O–H groups in total. The summed E-state index contributed by atoms with van der Waals surface area (Å²) in [5.74, 6) is 1.90. The third kappa shape index (κ3) is 4.55. The summed E-state index contributed by atoms with van der Waals surface area (Å²) in [5.41, 5.74) is 2.55. The maximum absolute atomic E-state index is 11.2. The second kappa shape index (κ2) is 8.47. The first-order valence-corrected chi connectivity index (χ1v) is 10.7. The predicted octanol–water partition coefficient (Wildman–Crippen LogP) is 5.00. The first-order chi connectivity index (χ1) is 13.2. The van der Waals surface area contributed by atoms with Crippen molar-refractivity contribution in [1.29, 1.82) is 0 Å². The van der Waals surface area contributed by atoms with Crippen LogP contribution in [0.25, 0.3) is 11.3 Å². The lowest BCUT2D eigenvalue weighted by molar-refractivity contribution is -0.119. The summed E-state index contributed by atoms with van der Waals surface area (Å²) in [5, 5.41) is 3.09. The third-order valence-corrected chi connectivity index (χ3v) is 6.53. The van der Waals surface area contributed by atoms with Gasteiger partial charge in [-0.15, -0.1) is 0 Å². The van der Waals surface area contributed by atoms with E-state index in [4.69, 9.17) is 4.42 Å². The number of hydrogen-bond acceptors (Lipinski definition) is 3. The summed E-state index contributed by atoms with van der Waals surface area (Å²) in [6.45, 7) is 4.01.